The number of aromatic nitrogens is 6. The molecule has 7 rings (SSSR count). The standard InChI is InChI=1S/C29H23N7S/c30-29(12-4-13-29)20-9-7-19(8-10-20)25-21(18-5-2-1-3-6-18)15-22-23(33-25)11-14-32-26(22)28-34-27(35-36-28)24-16-31-17-37-24/h1-3,5-11,14-17H,4,12-13,30H2,(H,34,35,36)/p+1. The van der Waals surface area contributed by atoms with Crippen LogP contribution in [0.15, 0.2) is 84.6 Å². The molecule has 0 bridgehead atoms. The van der Waals surface area contributed by atoms with Gasteiger partial charge in [-0.05, 0) is 24.1 Å². The number of nitrogens with zero attached hydrogens (tertiary/aromatic N) is 5. The molecule has 4 N–H and O–H groups in total. The van der Waals surface area contributed by atoms with Gasteiger partial charge in [0.05, 0.1) is 21.6 Å². The van der Waals surface area contributed by atoms with Gasteiger partial charge in [0.1, 0.15) is 11.2 Å². The highest BCUT2D eigenvalue weighted by Gasteiger charge is 2.38. The summed E-state index contributed by atoms with van der Waals surface area (Å²) < 4.78 is 0. The molecule has 0 saturated heterocycles. The molecular formula is C29H24N7S+. The zero-order chi connectivity index (χ0) is 24.8. The van der Waals surface area contributed by atoms with Crippen molar-refractivity contribution in [3.63, 3.8) is 0 Å². The molecule has 0 atom stereocenters. The minimum absolute atomic E-state index is 0.0623. The SMILES string of the molecule is [NH3+]C1(c2ccc(-c3nc4ccnc(-c5n[nH]c(-c6cncs6)n5)c4cc3-c3ccccc3)cc2)CCC1. The van der Waals surface area contributed by atoms with E-state index in [2.05, 4.69) is 80.5 Å². The molecule has 4 aromatic heterocycles. The summed E-state index contributed by atoms with van der Waals surface area (Å²) in [5.41, 5.74) is 13.3. The van der Waals surface area contributed by atoms with E-state index in [0.29, 0.717) is 17.3 Å². The first-order valence-electron chi connectivity index (χ1n) is 12.3. The first kappa shape index (κ1) is 22.0. The molecule has 1 aliphatic rings. The van der Waals surface area contributed by atoms with Gasteiger partial charge in [0.2, 0.25) is 5.82 Å². The number of hydrogen-bond donors (Lipinski definition) is 2. The number of benzene rings is 2. The van der Waals surface area contributed by atoms with Gasteiger partial charge >= 0.3 is 0 Å². The van der Waals surface area contributed by atoms with Gasteiger partial charge in [0.25, 0.3) is 0 Å². The number of H-pyrrole nitrogens is 1. The molecular weight excluding hydrogens is 478 g/mol. The van der Waals surface area contributed by atoms with Crippen LogP contribution in [0.2, 0.25) is 0 Å². The molecule has 8 heteroatoms. The van der Waals surface area contributed by atoms with Gasteiger partial charge in [0, 0.05) is 47.3 Å². The zero-order valence-corrected chi connectivity index (χ0v) is 20.9. The van der Waals surface area contributed by atoms with Crippen molar-refractivity contribution in [1.29, 1.82) is 0 Å². The lowest BCUT2D eigenvalue weighted by Crippen LogP contribution is -2.73. The third-order valence-electron chi connectivity index (χ3n) is 7.27. The van der Waals surface area contributed by atoms with Gasteiger partial charge in [-0.2, -0.15) is 5.10 Å². The van der Waals surface area contributed by atoms with E-state index in [1.165, 1.54) is 23.3 Å². The van der Waals surface area contributed by atoms with Crippen molar-refractivity contribution in [2.24, 2.45) is 0 Å². The monoisotopic (exact) mass is 502 g/mol. The van der Waals surface area contributed by atoms with Crippen LogP contribution < -0.4 is 5.73 Å². The number of pyridine rings is 2. The van der Waals surface area contributed by atoms with Crippen LogP contribution in [0.1, 0.15) is 24.8 Å². The van der Waals surface area contributed by atoms with Crippen LogP contribution in [-0.4, -0.2) is 30.1 Å². The van der Waals surface area contributed by atoms with Gasteiger partial charge in [0.15, 0.2) is 5.82 Å². The Balaban J connectivity index is 1.38. The molecule has 0 spiro atoms. The molecule has 1 fully saturated rings. The maximum absolute atomic E-state index is 5.16. The summed E-state index contributed by atoms with van der Waals surface area (Å²) in [5.74, 6) is 1.21. The Morgan fingerprint density at radius 2 is 1.73 bits per heavy atom. The number of hydrogen-bond acceptors (Lipinski definition) is 6. The van der Waals surface area contributed by atoms with E-state index in [9.17, 15) is 0 Å². The van der Waals surface area contributed by atoms with Crippen LogP contribution >= 0.6 is 11.3 Å². The molecule has 0 aliphatic heterocycles. The molecule has 0 unspecified atom stereocenters. The van der Waals surface area contributed by atoms with Gasteiger partial charge < -0.3 is 5.73 Å². The fourth-order valence-corrected chi connectivity index (χ4v) is 5.58. The normalized spacial score (nSPS) is 14.5. The number of fused-ring (bicyclic) bond motifs is 1. The van der Waals surface area contributed by atoms with Crippen LogP contribution in [0, 0.1) is 0 Å². The van der Waals surface area contributed by atoms with Crippen molar-refractivity contribution >= 4 is 22.2 Å². The number of aromatic amines is 1. The zero-order valence-electron chi connectivity index (χ0n) is 20.1. The van der Waals surface area contributed by atoms with E-state index in [4.69, 9.17) is 9.97 Å². The third-order valence-corrected chi connectivity index (χ3v) is 8.05. The molecule has 4 heterocycles. The van der Waals surface area contributed by atoms with Gasteiger partial charge in [-0.1, -0.05) is 54.6 Å². The second kappa shape index (κ2) is 8.69. The molecule has 0 radical (unpaired) electrons. The van der Waals surface area contributed by atoms with Crippen molar-refractivity contribution in [1.82, 2.24) is 30.1 Å². The molecule has 1 aliphatic carbocycles. The average Bonchev–Trinajstić information content (AvgIpc) is 3.64. The summed E-state index contributed by atoms with van der Waals surface area (Å²) in [6, 6.07) is 23.3. The maximum Gasteiger partial charge on any atom is 0.200 e. The van der Waals surface area contributed by atoms with E-state index >= 15 is 0 Å². The molecule has 2 aromatic carbocycles. The molecule has 7 nitrogen and oxygen atoms in total. The fraction of sp³-hybridized carbons (Fsp3) is 0.138. The summed E-state index contributed by atoms with van der Waals surface area (Å²) in [6.45, 7) is 0. The van der Waals surface area contributed by atoms with Crippen molar-refractivity contribution in [3.8, 4) is 44.6 Å². The van der Waals surface area contributed by atoms with E-state index in [1.54, 1.807) is 17.9 Å². The van der Waals surface area contributed by atoms with Crippen LogP contribution in [-0.2, 0) is 5.54 Å². The second-order valence-corrected chi connectivity index (χ2v) is 10.4. The quantitative estimate of drug-likeness (QED) is 0.324. The Morgan fingerprint density at radius 1 is 0.892 bits per heavy atom. The lowest BCUT2D eigenvalue weighted by molar-refractivity contribution is -0.509. The highest BCUT2D eigenvalue weighted by atomic mass is 32.1. The number of nitrogens with one attached hydrogen (secondary N) is 1. The highest BCUT2D eigenvalue weighted by Crippen LogP contribution is 2.39. The van der Waals surface area contributed by atoms with E-state index < -0.39 is 0 Å². The summed E-state index contributed by atoms with van der Waals surface area (Å²) in [5, 5.41) is 8.40. The fourth-order valence-electron chi connectivity index (χ4n) is 5.02. The van der Waals surface area contributed by atoms with Gasteiger partial charge in [-0.25, -0.2) is 9.97 Å². The Morgan fingerprint density at radius 3 is 2.46 bits per heavy atom. The van der Waals surface area contributed by atoms with Crippen LogP contribution in [0.25, 0.3) is 55.5 Å². The molecule has 6 aromatic rings. The van der Waals surface area contributed by atoms with Crippen molar-refractivity contribution in [2.75, 3.05) is 0 Å². The molecule has 0 amide bonds. The lowest BCUT2D eigenvalue weighted by atomic mass is 9.72. The molecule has 180 valence electrons. The minimum atomic E-state index is 0.0623. The lowest BCUT2D eigenvalue weighted by Gasteiger charge is -2.34. The van der Waals surface area contributed by atoms with E-state index in [0.717, 1.165) is 51.0 Å². The third kappa shape index (κ3) is 3.82. The van der Waals surface area contributed by atoms with Crippen molar-refractivity contribution in [3.05, 3.63) is 90.2 Å². The van der Waals surface area contributed by atoms with E-state index in [-0.39, 0.29) is 5.54 Å². The summed E-state index contributed by atoms with van der Waals surface area (Å²) >= 11 is 1.51. The van der Waals surface area contributed by atoms with Gasteiger partial charge in [-0.15, -0.1) is 11.3 Å². The summed E-state index contributed by atoms with van der Waals surface area (Å²) in [6.07, 6.45) is 7.10. The highest BCUT2D eigenvalue weighted by molar-refractivity contribution is 7.13. The average molecular weight is 503 g/mol. The Hall–Kier alpha value is -4.27. The number of rotatable bonds is 5. The summed E-state index contributed by atoms with van der Waals surface area (Å²) in [4.78, 5) is 19.6. The minimum Gasteiger partial charge on any atom is -0.349 e. The maximum atomic E-state index is 5.16. The first-order chi connectivity index (χ1) is 18.2. The van der Waals surface area contributed by atoms with Crippen LogP contribution in [0.5, 0.6) is 0 Å². The molecule has 37 heavy (non-hydrogen) atoms. The largest absolute Gasteiger partial charge is 0.349 e. The smallest absolute Gasteiger partial charge is 0.200 e. The Labute approximate surface area is 217 Å². The second-order valence-electron chi connectivity index (χ2n) is 9.56. The van der Waals surface area contributed by atoms with Crippen molar-refractivity contribution in [2.45, 2.75) is 24.8 Å². The summed E-state index contributed by atoms with van der Waals surface area (Å²) in [7, 11) is 0. The molecule has 1 saturated carbocycles. The van der Waals surface area contributed by atoms with E-state index in [1.807, 2.05) is 12.1 Å². The number of thiazole rings is 1. The van der Waals surface area contributed by atoms with Crippen molar-refractivity contribution < 1.29 is 5.73 Å². The first-order valence-corrected chi connectivity index (χ1v) is 13.2. The Bertz CT molecular complexity index is 1700. The predicted octanol–water partition coefficient (Wildman–Crippen LogP) is 5.49. The predicted molar refractivity (Wildman–Crippen MR) is 145 cm³/mol. The topological polar surface area (TPSA) is 108 Å². The van der Waals surface area contributed by atoms with Gasteiger partial charge in [-0.3, -0.25) is 15.1 Å². The Kier molecular flexibility index (Phi) is 5.16. The number of quaternary nitrogens is 1. The van der Waals surface area contributed by atoms with Crippen LogP contribution in [0.4, 0.5) is 0 Å². The van der Waals surface area contributed by atoms with Crippen LogP contribution in [0.3, 0.4) is 0 Å².